The van der Waals surface area contributed by atoms with E-state index in [1.165, 1.54) is 42.0 Å². The Morgan fingerprint density at radius 1 is 0.944 bits per heavy atom. The summed E-state index contributed by atoms with van der Waals surface area (Å²) in [6.45, 7) is 2.72. The third-order valence-corrected chi connectivity index (χ3v) is 5.66. The summed E-state index contributed by atoms with van der Waals surface area (Å²) in [6, 6.07) is 15.6. The van der Waals surface area contributed by atoms with Gasteiger partial charge in [0.1, 0.15) is 11.6 Å². The van der Waals surface area contributed by atoms with Crippen molar-refractivity contribution in [1.29, 1.82) is 0 Å². The second-order valence-corrected chi connectivity index (χ2v) is 8.50. The first-order chi connectivity index (χ1) is 17.2. The van der Waals surface area contributed by atoms with Crippen LogP contribution in [0.5, 0.6) is 0 Å². The van der Waals surface area contributed by atoms with Crippen molar-refractivity contribution in [2.24, 2.45) is 5.73 Å². The number of benzene rings is 3. The number of halogens is 2. The molecular formula is C27H30F2N4O3. The molecule has 0 aliphatic carbocycles. The van der Waals surface area contributed by atoms with Crippen LogP contribution in [-0.4, -0.2) is 35.7 Å². The maximum atomic E-state index is 13.7. The Morgan fingerprint density at radius 3 is 2.25 bits per heavy atom. The minimum atomic E-state index is -1.05. The third-order valence-electron chi connectivity index (χ3n) is 5.66. The number of carbonyl (C=O) groups is 2. The van der Waals surface area contributed by atoms with Gasteiger partial charge in [0.05, 0.1) is 12.1 Å². The molecule has 3 amide bonds. The predicted octanol–water partition coefficient (Wildman–Crippen LogP) is 3.51. The Bertz CT molecular complexity index is 1170. The van der Waals surface area contributed by atoms with E-state index in [2.05, 4.69) is 28.9 Å². The predicted molar refractivity (Wildman–Crippen MR) is 134 cm³/mol. The molecule has 0 aliphatic heterocycles. The number of carbonyl (C=O) groups excluding carboxylic acids is 2. The van der Waals surface area contributed by atoms with Crippen molar-refractivity contribution >= 4 is 17.6 Å². The highest BCUT2D eigenvalue weighted by Crippen LogP contribution is 2.14. The maximum Gasteiger partial charge on any atom is 0.316 e. The second-order valence-electron chi connectivity index (χ2n) is 8.50. The minimum Gasteiger partial charge on any atom is -0.390 e. The van der Waals surface area contributed by atoms with Gasteiger partial charge < -0.3 is 26.8 Å². The molecule has 0 heterocycles. The molecular weight excluding hydrogens is 466 g/mol. The fraction of sp³-hybridized carbons (Fsp3) is 0.259. The normalized spacial score (nSPS) is 12.6. The minimum absolute atomic E-state index is 0.00982. The molecule has 0 fully saturated rings. The van der Waals surface area contributed by atoms with Gasteiger partial charge in [0, 0.05) is 30.4 Å². The van der Waals surface area contributed by atoms with Crippen LogP contribution >= 0.6 is 0 Å². The quantitative estimate of drug-likeness (QED) is 0.279. The van der Waals surface area contributed by atoms with E-state index in [0.29, 0.717) is 17.8 Å². The van der Waals surface area contributed by atoms with Crippen LogP contribution in [0.15, 0.2) is 66.7 Å². The van der Waals surface area contributed by atoms with E-state index < -0.39 is 35.7 Å². The zero-order valence-electron chi connectivity index (χ0n) is 19.9. The molecule has 0 aliphatic rings. The average Bonchev–Trinajstić information content (AvgIpc) is 2.83. The Balaban J connectivity index is 1.70. The van der Waals surface area contributed by atoms with Gasteiger partial charge in [0.15, 0.2) is 0 Å². The van der Waals surface area contributed by atoms with Crippen LogP contribution < -0.4 is 21.7 Å². The van der Waals surface area contributed by atoms with Gasteiger partial charge in [-0.25, -0.2) is 13.6 Å². The Kier molecular flexibility index (Phi) is 9.49. The molecule has 7 nitrogen and oxygen atoms in total. The molecule has 3 aromatic carbocycles. The lowest BCUT2D eigenvalue weighted by Crippen LogP contribution is -2.48. The van der Waals surface area contributed by atoms with Crippen LogP contribution in [0.25, 0.3) is 0 Å². The number of hydrogen-bond donors (Lipinski definition) is 5. The molecule has 2 atom stereocenters. The monoisotopic (exact) mass is 496 g/mol. The molecule has 36 heavy (non-hydrogen) atoms. The van der Waals surface area contributed by atoms with E-state index in [1.54, 1.807) is 0 Å². The van der Waals surface area contributed by atoms with Crippen molar-refractivity contribution in [2.45, 2.75) is 38.5 Å². The van der Waals surface area contributed by atoms with Crippen molar-refractivity contribution in [3.8, 4) is 0 Å². The van der Waals surface area contributed by atoms with Crippen molar-refractivity contribution in [3.63, 3.8) is 0 Å². The van der Waals surface area contributed by atoms with Crippen molar-refractivity contribution in [2.75, 3.05) is 11.9 Å². The first kappa shape index (κ1) is 26.8. The second kappa shape index (κ2) is 12.8. The molecule has 0 saturated heterocycles. The number of primary amides is 1. The molecule has 0 radical (unpaired) electrons. The van der Waals surface area contributed by atoms with Gasteiger partial charge in [0.25, 0.3) is 5.91 Å². The van der Waals surface area contributed by atoms with E-state index in [9.17, 15) is 23.5 Å². The van der Waals surface area contributed by atoms with E-state index in [1.807, 2.05) is 18.2 Å². The number of aryl methyl sites for hydroxylation is 1. The summed E-state index contributed by atoms with van der Waals surface area (Å²) in [6.07, 6.45) is -0.130. The number of anilines is 1. The number of nitrogens with one attached hydrogen (secondary N) is 3. The van der Waals surface area contributed by atoms with Crippen LogP contribution in [0.2, 0.25) is 0 Å². The first-order valence-electron chi connectivity index (χ1n) is 11.6. The lowest BCUT2D eigenvalue weighted by Gasteiger charge is -2.25. The van der Waals surface area contributed by atoms with Crippen molar-refractivity contribution < 1.29 is 23.5 Å². The van der Waals surface area contributed by atoms with Crippen molar-refractivity contribution in [1.82, 2.24) is 10.6 Å². The number of hydrogen-bond acceptors (Lipinski definition) is 4. The number of aliphatic hydroxyl groups excluding tert-OH is 1. The van der Waals surface area contributed by atoms with Gasteiger partial charge in [-0.2, -0.15) is 0 Å². The number of nitrogens with two attached hydrogens (primary N) is 1. The highest BCUT2D eigenvalue weighted by molar-refractivity contribution is 5.95. The number of amides is 3. The highest BCUT2D eigenvalue weighted by Gasteiger charge is 2.23. The molecule has 0 spiro atoms. The lowest BCUT2D eigenvalue weighted by molar-refractivity contribution is 0.0830. The van der Waals surface area contributed by atoms with Crippen LogP contribution in [0.4, 0.5) is 19.3 Å². The average molecular weight is 497 g/mol. The number of aliphatic hydroxyl groups is 1. The zero-order valence-corrected chi connectivity index (χ0v) is 19.9. The molecule has 0 saturated carbocycles. The summed E-state index contributed by atoms with van der Waals surface area (Å²) in [5.74, 6) is -1.97. The first-order valence-corrected chi connectivity index (χ1v) is 11.6. The van der Waals surface area contributed by atoms with Gasteiger partial charge in [-0.1, -0.05) is 31.2 Å². The fourth-order valence-corrected chi connectivity index (χ4v) is 3.83. The Labute approximate surface area is 208 Å². The number of urea groups is 1. The van der Waals surface area contributed by atoms with E-state index in [-0.39, 0.29) is 18.5 Å². The van der Waals surface area contributed by atoms with Gasteiger partial charge in [-0.15, -0.1) is 0 Å². The standard InChI is InChI=1S/C27H30F2N4O3/c1-2-17-4-3-5-18(10-17)15-31-16-25(34)24(13-19-11-21(28)14-22(29)12-19)33-26(35)20-6-8-23(9-7-20)32-27(30)36/h3-12,14,24-25,31,34H,2,13,15-16H2,1H3,(H,33,35)(H3,30,32,36). The third kappa shape index (κ3) is 8.14. The van der Waals surface area contributed by atoms with Gasteiger partial charge in [-0.05, 0) is 65.9 Å². The number of rotatable bonds is 11. The van der Waals surface area contributed by atoms with Crippen molar-refractivity contribution in [3.05, 3.63) is 101 Å². The van der Waals surface area contributed by atoms with Gasteiger partial charge >= 0.3 is 6.03 Å². The zero-order chi connectivity index (χ0) is 26.1. The molecule has 0 aromatic heterocycles. The molecule has 9 heteroatoms. The molecule has 0 bridgehead atoms. The largest absolute Gasteiger partial charge is 0.390 e. The van der Waals surface area contributed by atoms with Crippen LogP contribution in [0.1, 0.15) is 34.0 Å². The topological polar surface area (TPSA) is 116 Å². The van der Waals surface area contributed by atoms with Crippen LogP contribution in [0.3, 0.4) is 0 Å². The summed E-state index contributed by atoms with van der Waals surface area (Å²) >= 11 is 0. The molecule has 2 unspecified atom stereocenters. The van der Waals surface area contributed by atoms with E-state index in [4.69, 9.17) is 5.73 Å². The summed E-state index contributed by atoms with van der Waals surface area (Å²) in [7, 11) is 0. The Hall–Kier alpha value is -3.82. The maximum absolute atomic E-state index is 13.7. The van der Waals surface area contributed by atoms with E-state index in [0.717, 1.165) is 18.1 Å². The molecule has 190 valence electrons. The summed E-state index contributed by atoms with van der Waals surface area (Å²) in [4.78, 5) is 23.9. The fourth-order valence-electron chi connectivity index (χ4n) is 3.83. The summed E-state index contributed by atoms with van der Waals surface area (Å²) in [5, 5.41) is 19.2. The SMILES string of the molecule is CCc1cccc(CNCC(O)C(Cc2cc(F)cc(F)c2)NC(=O)c2ccc(NC(N)=O)cc2)c1. The van der Waals surface area contributed by atoms with Crippen LogP contribution in [0, 0.1) is 11.6 Å². The lowest BCUT2D eigenvalue weighted by atomic mass is 10.00. The molecule has 3 rings (SSSR count). The van der Waals surface area contributed by atoms with E-state index >= 15 is 0 Å². The Morgan fingerprint density at radius 2 is 1.61 bits per heavy atom. The molecule has 6 N–H and O–H groups in total. The van der Waals surface area contributed by atoms with Crippen LogP contribution in [-0.2, 0) is 19.4 Å². The smallest absolute Gasteiger partial charge is 0.316 e. The van der Waals surface area contributed by atoms with Gasteiger partial charge in [0.2, 0.25) is 0 Å². The molecule has 3 aromatic rings. The summed E-state index contributed by atoms with van der Waals surface area (Å²) < 4.78 is 27.5. The van der Waals surface area contributed by atoms with Gasteiger partial charge in [-0.3, -0.25) is 4.79 Å². The highest BCUT2D eigenvalue weighted by atomic mass is 19.1. The summed E-state index contributed by atoms with van der Waals surface area (Å²) in [5.41, 5.74) is 8.34.